The molecule has 0 aliphatic carbocycles. The van der Waals surface area contributed by atoms with Crippen LogP contribution >= 0.6 is 0 Å². The van der Waals surface area contributed by atoms with Crippen LogP contribution in [0.15, 0.2) is 336 Å². The van der Waals surface area contributed by atoms with E-state index in [4.69, 9.17) is 24.1 Å². The molecular weight excluding hydrogens is 1510 g/mol. The molecule has 119 heavy (non-hydrogen) atoms. The van der Waals surface area contributed by atoms with Gasteiger partial charge in [0.05, 0.1) is 90.9 Å². The van der Waals surface area contributed by atoms with Gasteiger partial charge in [0.15, 0.2) is 0 Å². The Morgan fingerprint density at radius 3 is 0.992 bits per heavy atom. The zero-order valence-electron chi connectivity index (χ0n) is 64.2. The predicted octanol–water partition coefficient (Wildman–Crippen LogP) is 17.0. The van der Waals surface area contributed by atoms with Crippen LogP contribution in [0.1, 0.15) is 62.1 Å². The smallest absolute Gasteiger partial charge is 0.341 e. The van der Waals surface area contributed by atoms with Crippen LogP contribution in [0.25, 0.3) is 78.3 Å². The maximum atomic E-state index is 12.9. The number of esters is 1. The standard InChI is InChI=1S/C24H19N5O2.C23H17N5O.C23H19N3O4.C22H17N3O4/c1-31-23-13-17(9-10-22(23)28-12-11-25-15-28)24(30)27-18-5-4-6-19(14-18)29-16-26-20-7-2-3-8-21(20)29;29-23(17-8-10-19(11-9-17)27-13-12-24-15-27)26-18-4-3-5-20(14-18)28-16-25-21-6-1-2-7-22(21)28;1-29-21-12-15(10-11-18(21)23(28)30-2)22(27)25-16-6-5-7-17(13-16)26-14-24-19-8-3-4-9-20(19)26;1-29-20-11-14(9-10-17(20)22(27)28)21(26)24-15-5-4-6-16(12-15)25-13-23-18-7-2-3-8-19(18)25/h2-16H,1H3,(H,27,30);1-16H,(H,26,29);3-14H,1-2H3,(H,25,27);2-13H,1H3,(H,24,26)(H,27,28). The molecule has 0 aliphatic heterocycles. The number of para-hydroxylation sites is 8. The minimum atomic E-state index is -1.12. The van der Waals surface area contributed by atoms with E-state index in [9.17, 15) is 28.8 Å². The third-order valence-electron chi connectivity index (χ3n) is 19.1. The van der Waals surface area contributed by atoms with Crippen molar-refractivity contribution in [3.8, 4) is 51.4 Å². The number of carboxylic acid groups (broad SMARTS) is 1. The van der Waals surface area contributed by atoms with Crippen LogP contribution < -0.4 is 35.5 Å². The summed E-state index contributed by atoms with van der Waals surface area (Å²) < 4.78 is 32.1. The molecule has 27 nitrogen and oxygen atoms in total. The number of aromatic nitrogens is 12. The summed E-state index contributed by atoms with van der Waals surface area (Å²) in [4.78, 5) is 99.7. The molecule has 0 radical (unpaired) electrons. The fourth-order valence-corrected chi connectivity index (χ4v) is 13.2. The number of ether oxygens (including phenoxy) is 4. The topological polar surface area (TPSA) is 315 Å². The Labute approximate surface area is 679 Å². The van der Waals surface area contributed by atoms with Gasteiger partial charge in [-0.3, -0.25) is 37.4 Å². The molecule has 18 aromatic rings. The number of hydrogen-bond donors (Lipinski definition) is 5. The SMILES string of the molecule is COC(=O)c1ccc(C(=O)Nc2cccc(-n3cnc4ccccc43)c2)cc1OC.COc1cc(C(=O)Nc2cccc(-n3cnc4ccccc43)c2)ccc1-n1ccnc1.COc1cc(C(=O)Nc2cccc(-n3cnc4ccccc43)c2)ccc1C(=O)O.O=C(Nc1cccc(-n2cnc3ccccc32)c1)c1ccc(-n2ccnc2)cc1. The molecule has 0 atom stereocenters. The van der Waals surface area contributed by atoms with Crippen molar-refractivity contribution in [1.82, 2.24) is 57.3 Å². The summed E-state index contributed by atoms with van der Waals surface area (Å²) in [5.41, 5.74) is 17.6. The second-order valence-electron chi connectivity index (χ2n) is 26.4. The Bertz CT molecular complexity index is 6750. The molecule has 5 N–H and O–H groups in total. The lowest BCUT2D eigenvalue weighted by Gasteiger charge is -2.12. The Hall–Kier alpha value is -16.8. The van der Waals surface area contributed by atoms with E-state index in [1.165, 1.54) is 51.7 Å². The van der Waals surface area contributed by atoms with Gasteiger partial charge in [-0.2, -0.15) is 0 Å². The molecule has 0 spiro atoms. The number of anilines is 4. The molecule has 0 saturated heterocycles. The second-order valence-corrected chi connectivity index (χ2v) is 26.4. The number of amides is 4. The summed E-state index contributed by atoms with van der Waals surface area (Å²) >= 11 is 0. The van der Waals surface area contributed by atoms with E-state index >= 15 is 0 Å². The number of carboxylic acids is 1. The highest BCUT2D eigenvalue weighted by molar-refractivity contribution is 6.08. The largest absolute Gasteiger partial charge is 0.496 e. The van der Waals surface area contributed by atoms with E-state index in [2.05, 4.69) is 51.2 Å². The molecule has 6 aromatic heterocycles. The number of nitrogens with one attached hydrogen (secondary N) is 4. The zero-order chi connectivity index (χ0) is 82.3. The maximum absolute atomic E-state index is 12.9. The van der Waals surface area contributed by atoms with Crippen molar-refractivity contribution >= 4 is 102 Å². The Balaban J connectivity index is 0.000000124. The summed E-state index contributed by atoms with van der Waals surface area (Å²) in [6.07, 6.45) is 17.6. The van der Waals surface area contributed by atoms with Crippen molar-refractivity contribution < 1.29 is 52.8 Å². The first-order chi connectivity index (χ1) is 58.2. The molecule has 0 saturated carbocycles. The van der Waals surface area contributed by atoms with Crippen molar-refractivity contribution in [2.75, 3.05) is 49.7 Å². The minimum absolute atomic E-state index is 0.00182. The average molecular weight is 1580 g/mol. The summed E-state index contributed by atoms with van der Waals surface area (Å²) in [6.45, 7) is 0. The number of aromatic carboxylic acids is 1. The fourth-order valence-electron chi connectivity index (χ4n) is 13.2. The summed E-state index contributed by atoms with van der Waals surface area (Å²) in [5, 5.41) is 20.8. The lowest BCUT2D eigenvalue weighted by Crippen LogP contribution is -2.13. The molecule has 27 heteroatoms. The van der Waals surface area contributed by atoms with E-state index in [0.29, 0.717) is 45.1 Å². The number of carbonyl (C=O) groups excluding carboxylic acids is 5. The number of imidazole rings is 6. The third kappa shape index (κ3) is 17.5. The van der Waals surface area contributed by atoms with Gasteiger partial charge >= 0.3 is 11.9 Å². The highest BCUT2D eigenvalue weighted by atomic mass is 16.5. The van der Waals surface area contributed by atoms with E-state index in [1.807, 2.05) is 240 Å². The highest BCUT2D eigenvalue weighted by Gasteiger charge is 2.20. The first kappa shape index (κ1) is 77.5. The number of fused-ring (bicyclic) bond motifs is 4. The van der Waals surface area contributed by atoms with Gasteiger partial charge in [0.2, 0.25) is 0 Å². The number of nitrogens with zero attached hydrogens (tertiary/aromatic N) is 12. The molecule has 0 fully saturated rings. The molecule has 6 heterocycles. The number of rotatable bonds is 19. The number of methoxy groups -OCH3 is 4. The molecule has 12 aromatic carbocycles. The van der Waals surface area contributed by atoms with Crippen molar-refractivity contribution in [2.45, 2.75) is 0 Å². The second kappa shape index (κ2) is 35.5. The highest BCUT2D eigenvalue weighted by Crippen LogP contribution is 2.31. The van der Waals surface area contributed by atoms with Gasteiger partial charge in [-0.1, -0.05) is 72.8 Å². The zero-order valence-corrected chi connectivity index (χ0v) is 64.2. The fraction of sp³-hybridized carbons (Fsp3) is 0.0435. The Morgan fingerprint density at radius 1 is 0.311 bits per heavy atom. The van der Waals surface area contributed by atoms with E-state index in [1.54, 1.807) is 99.9 Å². The molecule has 0 aliphatic rings. The van der Waals surface area contributed by atoms with Crippen LogP contribution in [0, 0.1) is 0 Å². The predicted molar refractivity (Wildman–Crippen MR) is 454 cm³/mol. The summed E-state index contributed by atoms with van der Waals surface area (Å²) in [5.74, 6) is -1.72. The Morgan fingerprint density at radius 2 is 0.639 bits per heavy atom. The van der Waals surface area contributed by atoms with Crippen LogP contribution in [-0.2, 0) is 4.74 Å². The normalized spacial score (nSPS) is 10.8. The molecule has 4 amide bonds. The van der Waals surface area contributed by atoms with Crippen LogP contribution in [0.4, 0.5) is 22.7 Å². The van der Waals surface area contributed by atoms with Gasteiger partial charge in [0, 0.05) is 98.2 Å². The molecule has 18 rings (SSSR count). The summed E-state index contributed by atoms with van der Waals surface area (Å²) in [6, 6.07) is 83.2. The minimum Gasteiger partial charge on any atom is -0.496 e. The van der Waals surface area contributed by atoms with Crippen LogP contribution in [-0.4, -0.2) is 126 Å². The number of hydrogen-bond acceptors (Lipinski definition) is 16. The van der Waals surface area contributed by atoms with Crippen molar-refractivity contribution in [3.63, 3.8) is 0 Å². The average Bonchev–Trinajstić information content (AvgIpc) is 1.71. The molecule has 0 unspecified atom stereocenters. The first-order valence-electron chi connectivity index (χ1n) is 37.0. The molecule has 0 bridgehead atoms. The molecule has 586 valence electrons. The van der Waals surface area contributed by atoms with Crippen LogP contribution in [0.3, 0.4) is 0 Å². The lowest BCUT2D eigenvalue weighted by atomic mass is 10.1. The van der Waals surface area contributed by atoms with E-state index in [0.717, 1.165) is 83.9 Å². The Kier molecular flexibility index (Phi) is 23.1. The lowest BCUT2D eigenvalue weighted by molar-refractivity contribution is 0.0595. The van der Waals surface area contributed by atoms with Crippen molar-refractivity contribution in [2.24, 2.45) is 0 Å². The monoisotopic (exact) mass is 1580 g/mol. The third-order valence-corrected chi connectivity index (χ3v) is 19.1. The summed E-state index contributed by atoms with van der Waals surface area (Å²) in [7, 11) is 5.67. The quantitative estimate of drug-likeness (QED) is 0.0470. The van der Waals surface area contributed by atoms with Crippen molar-refractivity contribution in [1.29, 1.82) is 0 Å². The first-order valence-corrected chi connectivity index (χ1v) is 37.0. The van der Waals surface area contributed by atoms with Gasteiger partial charge in [-0.15, -0.1) is 0 Å². The van der Waals surface area contributed by atoms with Crippen molar-refractivity contribution in [3.05, 3.63) is 369 Å². The van der Waals surface area contributed by atoms with Crippen LogP contribution in [0.5, 0.6) is 17.2 Å². The maximum Gasteiger partial charge on any atom is 0.341 e. The van der Waals surface area contributed by atoms with Gasteiger partial charge in [0.1, 0.15) is 53.7 Å². The van der Waals surface area contributed by atoms with Gasteiger partial charge in [0.25, 0.3) is 23.6 Å². The van der Waals surface area contributed by atoms with Crippen LogP contribution in [0.2, 0.25) is 0 Å². The number of carbonyl (C=O) groups is 6. The molecular formula is C92H72N16O11. The van der Waals surface area contributed by atoms with Gasteiger partial charge < -0.3 is 54.5 Å². The van der Waals surface area contributed by atoms with E-state index in [-0.39, 0.29) is 46.3 Å². The number of benzene rings is 12. The van der Waals surface area contributed by atoms with Gasteiger partial charge in [-0.25, -0.2) is 39.5 Å². The van der Waals surface area contributed by atoms with Gasteiger partial charge in [-0.05, 0) is 200 Å². The van der Waals surface area contributed by atoms with E-state index < -0.39 is 11.9 Å².